The summed E-state index contributed by atoms with van der Waals surface area (Å²) in [6, 6.07) is 5.81. The van der Waals surface area contributed by atoms with E-state index in [4.69, 9.17) is 13.9 Å². The highest BCUT2D eigenvalue weighted by atomic mass is 16.5. The highest BCUT2D eigenvalue weighted by molar-refractivity contribution is 5.88. The van der Waals surface area contributed by atoms with E-state index in [9.17, 15) is 4.79 Å². The van der Waals surface area contributed by atoms with Gasteiger partial charge in [0, 0.05) is 12.1 Å². The number of nitrogens with zero attached hydrogens (tertiary/aromatic N) is 1. The smallest absolute Gasteiger partial charge is 0.319 e. The van der Waals surface area contributed by atoms with Crippen LogP contribution in [0.4, 0.5) is 0 Å². The fourth-order valence-corrected chi connectivity index (χ4v) is 2.72. The van der Waals surface area contributed by atoms with E-state index in [1.807, 2.05) is 23.1 Å². The van der Waals surface area contributed by atoms with Crippen LogP contribution in [0.15, 0.2) is 22.6 Å². The minimum atomic E-state index is -0.220. The Morgan fingerprint density at radius 3 is 3.00 bits per heavy atom. The normalized spacial score (nSPS) is 15.1. The number of carbonyl (C=O) groups excluding carboxylic acids is 1. The molecule has 3 rings (SSSR count). The Hall–Kier alpha value is -2.01. The number of ether oxygens (including phenoxy) is 2. The average Bonchev–Trinajstić information content (AvgIpc) is 2.84. The third-order valence-electron chi connectivity index (χ3n) is 3.71. The number of hydrogen-bond acceptors (Lipinski definition) is 5. The molecule has 0 radical (unpaired) electrons. The Labute approximate surface area is 117 Å². The van der Waals surface area contributed by atoms with Crippen LogP contribution < -0.4 is 4.74 Å². The van der Waals surface area contributed by atoms with Gasteiger partial charge in [0.05, 0.1) is 32.7 Å². The number of fused-ring (bicyclic) bond motifs is 3. The van der Waals surface area contributed by atoms with Gasteiger partial charge in [-0.05, 0) is 18.6 Å². The van der Waals surface area contributed by atoms with E-state index in [1.54, 1.807) is 7.11 Å². The molecule has 0 aliphatic carbocycles. The van der Waals surface area contributed by atoms with Gasteiger partial charge in [-0.15, -0.1) is 0 Å². The van der Waals surface area contributed by atoms with Crippen molar-refractivity contribution >= 4 is 16.9 Å². The second-order valence-corrected chi connectivity index (χ2v) is 4.87. The molecule has 0 N–H and O–H groups in total. The summed E-state index contributed by atoms with van der Waals surface area (Å²) in [5.74, 6) is 1.54. The first kappa shape index (κ1) is 13.0. The van der Waals surface area contributed by atoms with Crippen LogP contribution in [0.1, 0.15) is 11.3 Å². The van der Waals surface area contributed by atoms with E-state index in [1.165, 1.54) is 12.7 Å². The van der Waals surface area contributed by atoms with Crippen LogP contribution in [0, 0.1) is 0 Å². The number of rotatable bonds is 3. The van der Waals surface area contributed by atoms with Crippen molar-refractivity contribution < 1.29 is 18.7 Å². The summed E-state index contributed by atoms with van der Waals surface area (Å²) in [6.45, 7) is 1.74. The number of esters is 1. The van der Waals surface area contributed by atoms with Gasteiger partial charge in [0.25, 0.3) is 0 Å². The van der Waals surface area contributed by atoms with E-state index in [0.29, 0.717) is 13.1 Å². The van der Waals surface area contributed by atoms with E-state index in [-0.39, 0.29) is 5.97 Å². The maximum atomic E-state index is 11.4. The molecule has 20 heavy (non-hydrogen) atoms. The zero-order valence-electron chi connectivity index (χ0n) is 11.6. The zero-order valence-corrected chi connectivity index (χ0v) is 11.6. The Morgan fingerprint density at radius 2 is 2.25 bits per heavy atom. The minimum absolute atomic E-state index is 0.220. The van der Waals surface area contributed by atoms with Gasteiger partial charge in [0.1, 0.15) is 17.1 Å². The molecule has 5 nitrogen and oxygen atoms in total. The van der Waals surface area contributed by atoms with Gasteiger partial charge >= 0.3 is 5.97 Å². The summed E-state index contributed by atoms with van der Waals surface area (Å²) in [6.07, 6.45) is 0.847. The van der Waals surface area contributed by atoms with Crippen molar-refractivity contribution in [3.05, 3.63) is 29.5 Å². The fraction of sp³-hybridized carbons (Fsp3) is 0.400. The van der Waals surface area contributed by atoms with Crippen LogP contribution in [0.3, 0.4) is 0 Å². The lowest BCUT2D eigenvalue weighted by molar-refractivity contribution is -0.142. The van der Waals surface area contributed by atoms with Crippen LogP contribution in [0.5, 0.6) is 5.75 Å². The van der Waals surface area contributed by atoms with E-state index in [2.05, 4.69) is 0 Å². The van der Waals surface area contributed by atoms with E-state index < -0.39 is 0 Å². The molecule has 1 aromatic heterocycles. The fourth-order valence-electron chi connectivity index (χ4n) is 2.72. The number of methoxy groups -OCH3 is 2. The predicted octanol–water partition coefficient (Wildman–Crippen LogP) is 1.97. The number of benzene rings is 1. The SMILES string of the molecule is COC(=O)CN1CCc2c(oc3cccc(OC)c23)C1. The summed E-state index contributed by atoms with van der Waals surface area (Å²) >= 11 is 0. The van der Waals surface area contributed by atoms with Crippen molar-refractivity contribution in [3.8, 4) is 5.75 Å². The summed E-state index contributed by atoms with van der Waals surface area (Å²) in [5.41, 5.74) is 2.04. The van der Waals surface area contributed by atoms with Crippen molar-refractivity contribution in [2.75, 3.05) is 27.3 Å². The van der Waals surface area contributed by atoms with Crippen molar-refractivity contribution in [1.82, 2.24) is 4.90 Å². The lowest BCUT2D eigenvalue weighted by Gasteiger charge is -2.24. The maximum Gasteiger partial charge on any atom is 0.319 e. The molecular weight excluding hydrogens is 258 g/mol. The van der Waals surface area contributed by atoms with E-state index >= 15 is 0 Å². The third-order valence-corrected chi connectivity index (χ3v) is 3.71. The van der Waals surface area contributed by atoms with Gasteiger partial charge in [-0.3, -0.25) is 9.69 Å². The van der Waals surface area contributed by atoms with E-state index in [0.717, 1.165) is 35.4 Å². The van der Waals surface area contributed by atoms with Gasteiger partial charge in [-0.25, -0.2) is 0 Å². The summed E-state index contributed by atoms with van der Waals surface area (Å²) < 4.78 is 16.0. The van der Waals surface area contributed by atoms with Crippen LogP contribution in [0.2, 0.25) is 0 Å². The molecule has 0 unspecified atom stereocenters. The Kier molecular flexibility index (Phi) is 3.36. The van der Waals surface area contributed by atoms with Crippen LogP contribution >= 0.6 is 0 Å². The number of furan rings is 1. The average molecular weight is 275 g/mol. The first-order valence-electron chi connectivity index (χ1n) is 6.59. The lowest BCUT2D eigenvalue weighted by Crippen LogP contribution is -2.34. The first-order valence-corrected chi connectivity index (χ1v) is 6.59. The molecule has 2 heterocycles. The highest BCUT2D eigenvalue weighted by Gasteiger charge is 2.25. The van der Waals surface area contributed by atoms with Crippen LogP contribution in [-0.4, -0.2) is 38.2 Å². The first-order chi connectivity index (χ1) is 9.72. The van der Waals surface area contributed by atoms with Gasteiger partial charge in [0.15, 0.2) is 0 Å². The molecule has 0 bridgehead atoms. The Bertz CT molecular complexity index is 647. The van der Waals surface area contributed by atoms with Crippen LogP contribution in [0.25, 0.3) is 11.0 Å². The largest absolute Gasteiger partial charge is 0.496 e. The van der Waals surface area contributed by atoms with Gasteiger partial charge in [0.2, 0.25) is 0 Å². The number of carbonyl (C=O) groups is 1. The topological polar surface area (TPSA) is 51.9 Å². The standard InChI is InChI=1S/C15H17NO4/c1-18-11-4-3-5-12-15(11)10-6-7-16(8-13(10)20-12)9-14(17)19-2/h3-5H,6-9H2,1-2H3. The molecule has 0 fully saturated rings. The summed E-state index contributed by atoms with van der Waals surface area (Å²) in [5, 5.41) is 1.06. The monoisotopic (exact) mass is 275 g/mol. The number of hydrogen-bond donors (Lipinski definition) is 0. The molecule has 0 atom stereocenters. The lowest BCUT2D eigenvalue weighted by atomic mass is 10.0. The predicted molar refractivity (Wildman–Crippen MR) is 73.8 cm³/mol. The van der Waals surface area contributed by atoms with Gasteiger partial charge in [-0.2, -0.15) is 0 Å². The Morgan fingerprint density at radius 1 is 1.40 bits per heavy atom. The third kappa shape index (κ3) is 2.14. The summed E-state index contributed by atoms with van der Waals surface area (Å²) in [7, 11) is 3.07. The van der Waals surface area contributed by atoms with Crippen molar-refractivity contribution in [1.29, 1.82) is 0 Å². The molecule has 2 aromatic rings. The van der Waals surface area contributed by atoms with Crippen LogP contribution in [-0.2, 0) is 22.5 Å². The maximum absolute atomic E-state index is 11.4. The highest BCUT2D eigenvalue weighted by Crippen LogP contribution is 2.36. The van der Waals surface area contributed by atoms with Crippen molar-refractivity contribution in [3.63, 3.8) is 0 Å². The molecule has 106 valence electrons. The summed E-state index contributed by atoms with van der Waals surface area (Å²) in [4.78, 5) is 13.4. The second kappa shape index (κ2) is 5.17. The molecule has 0 spiro atoms. The van der Waals surface area contributed by atoms with Gasteiger partial charge < -0.3 is 13.9 Å². The molecule has 1 aliphatic heterocycles. The van der Waals surface area contributed by atoms with Crippen molar-refractivity contribution in [2.45, 2.75) is 13.0 Å². The minimum Gasteiger partial charge on any atom is -0.496 e. The molecule has 1 aromatic carbocycles. The quantitative estimate of drug-likeness (QED) is 0.802. The molecular formula is C15H17NO4. The molecule has 1 aliphatic rings. The zero-order chi connectivity index (χ0) is 14.1. The Balaban J connectivity index is 1.93. The van der Waals surface area contributed by atoms with Gasteiger partial charge in [-0.1, -0.05) is 6.07 Å². The molecule has 0 saturated carbocycles. The molecule has 5 heteroatoms. The van der Waals surface area contributed by atoms with Crippen molar-refractivity contribution in [2.24, 2.45) is 0 Å². The second-order valence-electron chi connectivity index (χ2n) is 4.87. The molecule has 0 saturated heterocycles. The molecule has 0 amide bonds.